The Balaban J connectivity index is 1.70. The number of carbonyl (C=O) groups is 1. The normalized spacial score (nSPS) is 13.3. The lowest BCUT2D eigenvalue weighted by atomic mass is 10.2. The van der Waals surface area contributed by atoms with E-state index < -0.39 is 9.84 Å². The van der Waals surface area contributed by atoms with Crippen molar-refractivity contribution < 1.29 is 22.7 Å². The van der Waals surface area contributed by atoms with Gasteiger partial charge in [-0.25, -0.2) is 8.42 Å². The van der Waals surface area contributed by atoms with Crippen LogP contribution in [0.15, 0.2) is 53.4 Å². The first-order chi connectivity index (χ1) is 12.5. The molecule has 0 bridgehead atoms. The zero-order chi connectivity index (χ0) is 18.6. The van der Waals surface area contributed by atoms with Gasteiger partial charge in [-0.15, -0.1) is 0 Å². The number of nitrogens with zero attached hydrogens (tertiary/aromatic N) is 1. The maximum absolute atomic E-state index is 12.6. The van der Waals surface area contributed by atoms with Crippen molar-refractivity contribution in [2.45, 2.75) is 18.2 Å². The monoisotopic (exact) mass is 375 g/mol. The molecule has 1 heterocycles. The lowest BCUT2D eigenvalue weighted by molar-refractivity contribution is -0.118. The first kappa shape index (κ1) is 18.3. The minimum Gasteiger partial charge on any atom is -0.486 e. The standard InChI is InChI=1S/C19H21NO5S/c1-2-20(15-6-4-3-5-7-15)19(21)10-13-26(22,23)16-8-9-17-18(14-16)25-12-11-24-17/h3-9,14H,2,10-13H2,1H3. The highest BCUT2D eigenvalue weighted by atomic mass is 32.2. The minimum absolute atomic E-state index is 0.0838. The molecule has 1 aliphatic rings. The first-order valence-electron chi connectivity index (χ1n) is 8.49. The molecule has 1 aliphatic heterocycles. The van der Waals surface area contributed by atoms with Crippen molar-refractivity contribution in [3.05, 3.63) is 48.5 Å². The number of anilines is 1. The van der Waals surface area contributed by atoms with Gasteiger partial charge < -0.3 is 14.4 Å². The largest absolute Gasteiger partial charge is 0.486 e. The van der Waals surface area contributed by atoms with Crippen molar-refractivity contribution in [2.24, 2.45) is 0 Å². The number of rotatable bonds is 6. The van der Waals surface area contributed by atoms with E-state index in [4.69, 9.17) is 9.47 Å². The van der Waals surface area contributed by atoms with Crippen LogP contribution in [0.5, 0.6) is 11.5 Å². The lowest BCUT2D eigenvalue weighted by Gasteiger charge is -2.21. The van der Waals surface area contributed by atoms with Crippen LogP contribution < -0.4 is 14.4 Å². The molecule has 1 amide bonds. The number of para-hydroxylation sites is 1. The van der Waals surface area contributed by atoms with E-state index in [-0.39, 0.29) is 23.0 Å². The second-order valence-corrected chi connectivity index (χ2v) is 7.96. The Morgan fingerprint density at radius 1 is 1.04 bits per heavy atom. The average molecular weight is 375 g/mol. The molecule has 0 aliphatic carbocycles. The molecular formula is C19H21NO5S. The summed E-state index contributed by atoms with van der Waals surface area (Å²) < 4.78 is 36.0. The number of ether oxygens (including phenoxy) is 2. The van der Waals surface area contributed by atoms with Crippen LogP contribution in [0.3, 0.4) is 0 Å². The van der Waals surface area contributed by atoms with Crippen LogP contribution in [0.2, 0.25) is 0 Å². The Hall–Kier alpha value is -2.54. The van der Waals surface area contributed by atoms with Gasteiger partial charge in [-0.2, -0.15) is 0 Å². The van der Waals surface area contributed by atoms with E-state index in [1.165, 1.54) is 12.1 Å². The van der Waals surface area contributed by atoms with Gasteiger partial charge >= 0.3 is 0 Å². The van der Waals surface area contributed by atoms with Gasteiger partial charge in [0.15, 0.2) is 21.3 Å². The molecule has 0 saturated carbocycles. The Labute approximate surface area is 153 Å². The van der Waals surface area contributed by atoms with Gasteiger partial charge in [0.05, 0.1) is 10.6 Å². The molecule has 6 nitrogen and oxygen atoms in total. The van der Waals surface area contributed by atoms with Crippen molar-refractivity contribution in [1.82, 2.24) is 0 Å². The second kappa shape index (κ2) is 7.78. The summed E-state index contributed by atoms with van der Waals surface area (Å²) in [4.78, 5) is 14.2. The molecule has 2 aromatic carbocycles. The van der Waals surface area contributed by atoms with Gasteiger partial charge in [0.25, 0.3) is 0 Å². The van der Waals surface area contributed by atoms with E-state index in [9.17, 15) is 13.2 Å². The summed E-state index contributed by atoms with van der Waals surface area (Å²) in [7, 11) is -3.60. The SMILES string of the molecule is CCN(C(=O)CCS(=O)(=O)c1ccc2c(c1)OCCO2)c1ccccc1. The van der Waals surface area contributed by atoms with Crippen LogP contribution in [0.4, 0.5) is 5.69 Å². The zero-order valence-corrected chi connectivity index (χ0v) is 15.4. The molecule has 0 saturated heterocycles. The van der Waals surface area contributed by atoms with Crippen LogP contribution in [-0.4, -0.2) is 39.8 Å². The fourth-order valence-electron chi connectivity index (χ4n) is 2.80. The van der Waals surface area contributed by atoms with Gasteiger partial charge in [-0.05, 0) is 31.2 Å². The van der Waals surface area contributed by atoms with E-state index >= 15 is 0 Å². The molecule has 138 valence electrons. The Morgan fingerprint density at radius 2 is 1.73 bits per heavy atom. The maximum atomic E-state index is 12.6. The molecule has 3 rings (SSSR count). The average Bonchev–Trinajstić information content (AvgIpc) is 2.67. The van der Waals surface area contributed by atoms with Crippen LogP contribution in [0, 0.1) is 0 Å². The van der Waals surface area contributed by atoms with E-state index in [0.29, 0.717) is 31.3 Å². The maximum Gasteiger partial charge on any atom is 0.228 e. The number of hydrogen-bond acceptors (Lipinski definition) is 5. The summed E-state index contributed by atoms with van der Waals surface area (Å²) in [6, 6.07) is 13.8. The fourth-order valence-corrected chi connectivity index (χ4v) is 4.04. The quantitative estimate of drug-likeness (QED) is 0.776. The molecule has 2 aromatic rings. The smallest absolute Gasteiger partial charge is 0.228 e. The third kappa shape index (κ3) is 3.99. The number of hydrogen-bond donors (Lipinski definition) is 0. The molecule has 0 spiro atoms. The summed E-state index contributed by atoms with van der Waals surface area (Å²) in [6.07, 6.45) is -0.0838. The predicted molar refractivity (Wildman–Crippen MR) is 98.6 cm³/mol. The van der Waals surface area contributed by atoms with Gasteiger partial charge in [-0.3, -0.25) is 4.79 Å². The highest BCUT2D eigenvalue weighted by Gasteiger charge is 2.22. The third-order valence-corrected chi connectivity index (χ3v) is 5.86. The van der Waals surface area contributed by atoms with Crippen LogP contribution in [0.25, 0.3) is 0 Å². The third-order valence-electron chi connectivity index (χ3n) is 4.14. The molecule has 0 aromatic heterocycles. The summed E-state index contributed by atoms with van der Waals surface area (Å²) in [6.45, 7) is 3.17. The van der Waals surface area contributed by atoms with Crippen molar-refractivity contribution in [1.29, 1.82) is 0 Å². The van der Waals surface area contributed by atoms with Gasteiger partial charge in [0.2, 0.25) is 5.91 Å². The Morgan fingerprint density at radius 3 is 2.42 bits per heavy atom. The lowest BCUT2D eigenvalue weighted by Crippen LogP contribution is -2.32. The highest BCUT2D eigenvalue weighted by molar-refractivity contribution is 7.91. The van der Waals surface area contributed by atoms with Crippen molar-refractivity contribution in [2.75, 3.05) is 30.4 Å². The minimum atomic E-state index is -3.60. The zero-order valence-electron chi connectivity index (χ0n) is 14.6. The van der Waals surface area contributed by atoms with Crippen LogP contribution >= 0.6 is 0 Å². The van der Waals surface area contributed by atoms with E-state index in [1.54, 1.807) is 11.0 Å². The van der Waals surface area contributed by atoms with E-state index in [0.717, 1.165) is 5.69 Å². The molecule has 7 heteroatoms. The second-order valence-electron chi connectivity index (χ2n) is 5.85. The van der Waals surface area contributed by atoms with Crippen LogP contribution in [0.1, 0.15) is 13.3 Å². The summed E-state index contributed by atoms with van der Waals surface area (Å²) in [5, 5.41) is 0. The molecule has 0 unspecified atom stereocenters. The molecule has 0 radical (unpaired) electrons. The topological polar surface area (TPSA) is 72.9 Å². The number of carbonyl (C=O) groups excluding carboxylic acids is 1. The summed E-state index contributed by atoms with van der Waals surface area (Å²) in [5.74, 6) is 0.477. The molecule has 0 atom stereocenters. The van der Waals surface area contributed by atoms with Crippen molar-refractivity contribution in [3.8, 4) is 11.5 Å². The van der Waals surface area contributed by atoms with Crippen molar-refractivity contribution in [3.63, 3.8) is 0 Å². The number of sulfone groups is 1. The molecular weight excluding hydrogens is 354 g/mol. The molecule has 26 heavy (non-hydrogen) atoms. The summed E-state index contributed by atoms with van der Waals surface area (Å²) >= 11 is 0. The van der Waals surface area contributed by atoms with E-state index in [1.807, 2.05) is 37.3 Å². The first-order valence-corrected chi connectivity index (χ1v) is 10.1. The Kier molecular flexibility index (Phi) is 5.46. The number of fused-ring (bicyclic) bond motifs is 1. The predicted octanol–water partition coefficient (Wildman–Crippen LogP) is 2.67. The van der Waals surface area contributed by atoms with Crippen LogP contribution in [-0.2, 0) is 14.6 Å². The van der Waals surface area contributed by atoms with Gasteiger partial charge in [0.1, 0.15) is 13.2 Å². The fraction of sp³-hybridized carbons (Fsp3) is 0.316. The summed E-state index contributed by atoms with van der Waals surface area (Å²) in [5.41, 5.74) is 0.761. The Bertz CT molecular complexity index is 880. The van der Waals surface area contributed by atoms with Gasteiger partial charge in [-0.1, -0.05) is 18.2 Å². The molecule has 0 N–H and O–H groups in total. The van der Waals surface area contributed by atoms with Crippen molar-refractivity contribution >= 4 is 21.4 Å². The van der Waals surface area contributed by atoms with E-state index in [2.05, 4.69) is 0 Å². The number of amides is 1. The highest BCUT2D eigenvalue weighted by Crippen LogP contribution is 2.32. The number of benzene rings is 2. The molecule has 0 fully saturated rings. The van der Waals surface area contributed by atoms with Gasteiger partial charge in [0, 0.05) is 24.7 Å².